The molecule has 2 aromatic rings. The largest absolute Gasteiger partial charge is 0.302 e. The molecule has 4 rings (SSSR count). The number of fused-ring (bicyclic) bond motifs is 1. The Balaban J connectivity index is 1.41. The molecule has 2 fully saturated rings. The number of nitrogens with zero attached hydrogens (tertiary/aromatic N) is 3. The van der Waals surface area contributed by atoms with Gasteiger partial charge in [-0.05, 0) is 18.9 Å². The van der Waals surface area contributed by atoms with Crippen molar-refractivity contribution >= 4 is 48.3 Å². The molecule has 9 nitrogen and oxygen atoms in total. The molecule has 1 amide bonds. The van der Waals surface area contributed by atoms with Crippen molar-refractivity contribution in [2.24, 2.45) is 5.92 Å². The van der Waals surface area contributed by atoms with Gasteiger partial charge in [-0.25, -0.2) is 13.4 Å². The summed E-state index contributed by atoms with van der Waals surface area (Å²) in [6, 6.07) is 4.31. The smallest absolute Gasteiger partial charge is 0.270 e. The summed E-state index contributed by atoms with van der Waals surface area (Å²) in [5, 5.41) is 13.6. The van der Waals surface area contributed by atoms with Crippen LogP contribution in [0.4, 0.5) is 10.8 Å². The average molecular weight is 382 g/mol. The van der Waals surface area contributed by atoms with Gasteiger partial charge in [-0.1, -0.05) is 11.3 Å². The van der Waals surface area contributed by atoms with E-state index in [4.69, 9.17) is 0 Å². The van der Waals surface area contributed by atoms with Gasteiger partial charge >= 0.3 is 0 Å². The van der Waals surface area contributed by atoms with Crippen molar-refractivity contribution in [1.82, 2.24) is 9.29 Å². The summed E-state index contributed by atoms with van der Waals surface area (Å²) >= 11 is 1.15. The summed E-state index contributed by atoms with van der Waals surface area (Å²) in [5.41, 5.74) is 0.534. The number of non-ortho nitro benzene ring substituents is 1. The molecule has 1 aliphatic heterocycles. The van der Waals surface area contributed by atoms with Crippen molar-refractivity contribution in [3.8, 4) is 0 Å². The molecule has 1 aromatic heterocycles. The minimum absolute atomic E-state index is 0.0334. The van der Waals surface area contributed by atoms with Crippen LogP contribution in [0.15, 0.2) is 18.2 Å². The fourth-order valence-electron chi connectivity index (χ4n) is 2.68. The highest BCUT2D eigenvalue weighted by atomic mass is 32.2. The number of nitrogens with one attached hydrogen (secondary N) is 1. The first kappa shape index (κ1) is 16.4. The number of carbonyl (C=O) groups is 1. The highest BCUT2D eigenvalue weighted by molar-refractivity contribution is 7.90. The monoisotopic (exact) mass is 382 g/mol. The van der Waals surface area contributed by atoms with Crippen LogP contribution < -0.4 is 5.32 Å². The minimum Gasteiger partial charge on any atom is -0.302 e. The van der Waals surface area contributed by atoms with Gasteiger partial charge in [-0.15, -0.1) is 0 Å². The first-order valence-electron chi connectivity index (χ1n) is 7.69. The van der Waals surface area contributed by atoms with E-state index in [1.165, 1.54) is 22.5 Å². The number of aromatic nitrogens is 1. The number of thiazole rings is 1. The van der Waals surface area contributed by atoms with E-state index in [0.29, 0.717) is 28.2 Å². The Morgan fingerprint density at radius 2 is 2.08 bits per heavy atom. The van der Waals surface area contributed by atoms with E-state index in [2.05, 4.69) is 10.3 Å². The second-order valence-corrected chi connectivity index (χ2v) is 9.42. The summed E-state index contributed by atoms with van der Waals surface area (Å²) in [6.45, 7) is 0.391. The van der Waals surface area contributed by atoms with Gasteiger partial charge in [0.15, 0.2) is 5.13 Å². The maximum absolute atomic E-state index is 12.2. The zero-order valence-corrected chi connectivity index (χ0v) is 14.5. The van der Waals surface area contributed by atoms with E-state index in [1.807, 2.05) is 0 Å². The highest BCUT2D eigenvalue weighted by Crippen LogP contribution is 2.35. The number of nitro benzene ring substituents is 1. The van der Waals surface area contributed by atoms with Crippen molar-refractivity contribution in [2.75, 3.05) is 18.4 Å². The third-order valence-corrected chi connectivity index (χ3v) is 7.60. The van der Waals surface area contributed by atoms with Crippen LogP contribution >= 0.6 is 11.3 Å². The maximum Gasteiger partial charge on any atom is 0.270 e. The van der Waals surface area contributed by atoms with Gasteiger partial charge in [0.2, 0.25) is 15.9 Å². The van der Waals surface area contributed by atoms with Crippen molar-refractivity contribution < 1.29 is 18.1 Å². The van der Waals surface area contributed by atoms with Gasteiger partial charge in [-0.3, -0.25) is 14.9 Å². The minimum atomic E-state index is -3.23. The summed E-state index contributed by atoms with van der Waals surface area (Å²) in [7, 11) is -3.23. The molecule has 1 aliphatic carbocycles. The number of nitro groups is 1. The van der Waals surface area contributed by atoms with Crippen LogP contribution in [0.5, 0.6) is 0 Å². The standard InChI is InChI=1S/C14H14N4O5S2/c19-13(8-6-17(7-8)25(22,23)10-2-3-10)16-14-15-11-4-1-9(18(20)21)5-12(11)24-14/h1,4-5,8,10H,2-3,6-7H2,(H,15,16,19). The topological polar surface area (TPSA) is 123 Å². The Bertz CT molecular complexity index is 976. The third-order valence-electron chi connectivity index (χ3n) is 4.34. The lowest BCUT2D eigenvalue weighted by Crippen LogP contribution is -2.55. The van der Waals surface area contributed by atoms with E-state index in [9.17, 15) is 23.3 Å². The van der Waals surface area contributed by atoms with Crippen molar-refractivity contribution in [3.05, 3.63) is 28.3 Å². The molecule has 11 heteroatoms. The fraction of sp³-hybridized carbons (Fsp3) is 0.429. The first-order chi connectivity index (χ1) is 11.8. The summed E-state index contributed by atoms with van der Waals surface area (Å²) in [5.74, 6) is -0.675. The average Bonchev–Trinajstić information content (AvgIpc) is 3.26. The number of hydrogen-bond donors (Lipinski definition) is 1. The number of amides is 1. The molecule has 0 bridgehead atoms. The zero-order valence-electron chi connectivity index (χ0n) is 12.9. The molecule has 1 saturated heterocycles. The molecule has 25 heavy (non-hydrogen) atoms. The molecular weight excluding hydrogens is 368 g/mol. The normalized spacial score (nSPS) is 18.9. The third kappa shape index (κ3) is 2.98. The van der Waals surface area contributed by atoms with Crippen LogP contribution in [0.3, 0.4) is 0 Å². The Morgan fingerprint density at radius 1 is 1.36 bits per heavy atom. The quantitative estimate of drug-likeness (QED) is 0.618. The Labute approximate surface area is 146 Å². The molecule has 2 aliphatic rings. The number of benzene rings is 1. The lowest BCUT2D eigenvalue weighted by Gasteiger charge is -2.36. The van der Waals surface area contributed by atoms with Crippen molar-refractivity contribution in [3.63, 3.8) is 0 Å². The van der Waals surface area contributed by atoms with E-state index in [0.717, 1.165) is 11.3 Å². The number of sulfonamides is 1. The summed E-state index contributed by atoms with van der Waals surface area (Å²) in [4.78, 5) is 26.8. The Hall–Kier alpha value is -2.11. The maximum atomic E-state index is 12.2. The Morgan fingerprint density at radius 3 is 2.72 bits per heavy atom. The van der Waals surface area contributed by atoms with Gasteiger partial charge in [0.1, 0.15) is 0 Å². The number of carbonyl (C=O) groups excluding carboxylic acids is 1. The number of anilines is 1. The molecule has 1 aromatic carbocycles. The van der Waals surface area contributed by atoms with E-state index >= 15 is 0 Å². The number of hydrogen-bond acceptors (Lipinski definition) is 7. The van der Waals surface area contributed by atoms with Gasteiger partial charge in [-0.2, -0.15) is 4.31 Å². The second-order valence-electron chi connectivity index (χ2n) is 6.18. The molecule has 1 saturated carbocycles. The summed E-state index contributed by atoms with van der Waals surface area (Å²) < 4.78 is 26.0. The van der Waals surface area contributed by atoms with Gasteiger partial charge < -0.3 is 5.32 Å². The van der Waals surface area contributed by atoms with Crippen LogP contribution in [-0.4, -0.2) is 46.9 Å². The number of rotatable bonds is 5. The van der Waals surface area contributed by atoms with Gasteiger partial charge in [0.25, 0.3) is 5.69 Å². The first-order valence-corrected chi connectivity index (χ1v) is 10.0. The van der Waals surface area contributed by atoms with Crippen LogP contribution in [0, 0.1) is 16.0 Å². The second kappa shape index (κ2) is 5.71. The van der Waals surface area contributed by atoms with Crippen LogP contribution in [0.1, 0.15) is 12.8 Å². The fourth-order valence-corrected chi connectivity index (χ4v) is 5.51. The van der Waals surface area contributed by atoms with Gasteiger partial charge in [0.05, 0.1) is 26.3 Å². The van der Waals surface area contributed by atoms with Crippen molar-refractivity contribution in [2.45, 2.75) is 18.1 Å². The highest BCUT2D eigenvalue weighted by Gasteiger charge is 2.47. The predicted molar refractivity (Wildman–Crippen MR) is 91.9 cm³/mol. The molecule has 132 valence electrons. The predicted octanol–water partition coefficient (Wildman–Crippen LogP) is 1.57. The van der Waals surface area contributed by atoms with Crippen molar-refractivity contribution in [1.29, 1.82) is 0 Å². The Kier molecular flexibility index (Phi) is 3.74. The van der Waals surface area contributed by atoms with E-state index < -0.39 is 20.9 Å². The SMILES string of the molecule is O=C(Nc1nc2ccc([N+](=O)[O-])cc2s1)C1CN(S(=O)(=O)C2CC2)C1. The lowest BCUT2D eigenvalue weighted by atomic mass is 10.0. The van der Waals surface area contributed by atoms with Gasteiger partial charge in [0, 0.05) is 25.2 Å². The van der Waals surface area contributed by atoms with E-state index in [-0.39, 0.29) is 29.9 Å². The molecule has 0 unspecified atom stereocenters. The molecule has 0 spiro atoms. The van der Waals surface area contributed by atoms with Crippen LogP contribution in [0.25, 0.3) is 10.2 Å². The molecule has 0 radical (unpaired) electrons. The summed E-state index contributed by atoms with van der Waals surface area (Å²) in [6.07, 6.45) is 1.40. The molecule has 1 N–H and O–H groups in total. The van der Waals surface area contributed by atoms with E-state index in [1.54, 1.807) is 0 Å². The molecular formula is C14H14N4O5S2. The molecule has 0 atom stereocenters. The lowest BCUT2D eigenvalue weighted by molar-refractivity contribution is -0.384. The zero-order chi connectivity index (χ0) is 17.8. The van der Waals surface area contributed by atoms with Crippen LogP contribution in [-0.2, 0) is 14.8 Å². The van der Waals surface area contributed by atoms with Crippen LogP contribution in [0.2, 0.25) is 0 Å². The molecule has 2 heterocycles.